The highest BCUT2D eigenvalue weighted by Crippen LogP contribution is 2.35. The number of piperidine rings is 1. The Balaban J connectivity index is 1.45. The number of carbonyl (C=O) groups excluding carboxylic acids is 1. The summed E-state index contributed by atoms with van der Waals surface area (Å²) in [5, 5.41) is 0.722. The number of amides is 1. The molecule has 3 N–H and O–H groups in total. The van der Waals surface area contributed by atoms with Crippen LogP contribution >= 0.6 is 23.4 Å². The Labute approximate surface area is 213 Å². The van der Waals surface area contributed by atoms with Gasteiger partial charge in [-0.25, -0.2) is 23.1 Å². The summed E-state index contributed by atoms with van der Waals surface area (Å²) in [5.74, 6) is -0.0365. The molecule has 0 bridgehead atoms. The van der Waals surface area contributed by atoms with Gasteiger partial charge in [0.05, 0.1) is 23.0 Å². The molecule has 1 fully saturated rings. The third kappa shape index (κ3) is 5.92. The number of aromatic nitrogens is 3. The summed E-state index contributed by atoms with van der Waals surface area (Å²) in [7, 11) is -4.08. The first-order valence-electron chi connectivity index (χ1n) is 10.9. The lowest BCUT2D eigenvalue weighted by atomic mass is 9.80. The molecule has 1 aliphatic rings. The van der Waals surface area contributed by atoms with E-state index in [9.17, 15) is 13.2 Å². The lowest BCUT2D eigenvalue weighted by molar-refractivity contribution is 0.0981. The molecule has 1 saturated heterocycles. The van der Waals surface area contributed by atoms with E-state index in [1.54, 1.807) is 24.5 Å². The molecule has 35 heavy (non-hydrogen) atoms. The maximum atomic E-state index is 12.7. The van der Waals surface area contributed by atoms with Gasteiger partial charge in [-0.3, -0.25) is 9.78 Å². The average molecular weight is 533 g/mol. The van der Waals surface area contributed by atoms with Crippen LogP contribution in [0.4, 0.5) is 5.82 Å². The first-order valence-corrected chi connectivity index (χ1v) is 13.6. The zero-order valence-corrected chi connectivity index (χ0v) is 21.4. The van der Waals surface area contributed by atoms with Crippen LogP contribution in [0, 0.1) is 5.41 Å². The van der Waals surface area contributed by atoms with Gasteiger partial charge in [-0.1, -0.05) is 36.4 Å². The standard InChI is InChI=1S/C23H25ClN6O3S2/c1-23(15-25)7-10-30(11-8-23)19-13-28-20(14-27-19)34-18-6-2-5-17(21(18)24)22(31)29-35(32,33)16-4-3-9-26-12-16/h2-6,9,12-14H,7-8,10-11,15,25H2,1H3,(H,29,31). The number of anilines is 1. The molecule has 0 saturated carbocycles. The maximum absolute atomic E-state index is 12.7. The zero-order valence-electron chi connectivity index (χ0n) is 19.0. The van der Waals surface area contributed by atoms with Gasteiger partial charge in [-0.05, 0) is 49.1 Å². The lowest BCUT2D eigenvalue weighted by Crippen LogP contribution is -2.42. The molecule has 1 aliphatic heterocycles. The van der Waals surface area contributed by atoms with Crippen molar-refractivity contribution in [2.45, 2.75) is 34.6 Å². The van der Waals surface area contributed by atoms with E-state index < -0.39 is 15.9 Å². The summed E-state index contributed by atoms with van der Waals surface area (Å²) < 4.78 is 27.0. The molecular weight excluding hydrogens is 508 g/mol. The highest BCUT2D eigenvalue weighted by molar-refractivity contribution is 7.99. The topological polar surface area (TPSA) is 131 Å². The number of nitrogens with zero attached hydrogens (tertiary/aromatic N) is 4. The van der Waals surface area contributed by atoms with Crippen molar-refractivity contribution in [1.29, 1.82) is 0 Å². The number of sulfonamides is 1. The highest BCUT2D eigenvalue weighted by Gasteiger charge is 2.29. The minimum Gasteiger partial charge on any atom is -0.355 e. The number of benzene rings is 1. The number of rotatable bonds is 7. The highest BCUT2D eigenvalue weighted by atomic mass is 35.5. The maximum Gasteiger partial charge on any atom is 0.266 e. The predicted octanol–water partition coefficient (Wildman–Crippen LogP) is 3.36. The van der Waals surface area contributed by atoms with E-state index in [2.05, 4.69) is 26.8 Å². The van der Waals surface area contributed by atoms with E-state index in [0.717, 1.165) is 37.9 Å². The number of carbonyl (C=O) groups is 1. The lowest BCUT2D eigenvalue weighted by Gasteiger charge is -2.39. The number of hydrogen-bond donors (Lipinski definition) is 2. The first-order chi connectivity index (χ1) is 16.7. The molecule has 0 radical (unpaired) electrons. The van der Waals surface area contributed by atoms with Gasteiger partial charge in [0.25, 0.3) is 15.9 Å². The van der Waals surface area contributed by atoms with Gasteiger partial charge in [0.2, 0.25) is 0 Å². The molecule has 3 aromatic rings. The molecule has 1 aromatic carbocycles. The van der Waals surface area contributed by atoms with Crippen LogP contribution in [0.25, 0.3) is 0 Å². The third-order valence-electron chi connectivity index (χ3n) is 6.00. The second-order valence-electron chi connectivity index (χ2n) is 8.56. The summed E-state index contributed by atoms with van der Waals surface area (Å²) in [6, 6.07) is 7.63. The largest absolute Gasteiger partial charge is 0.355 e. The summed E-state index contributed by atoms with van der Waals surface area (Å²) in [4.78, 5) is 28.1. The molecule has 0 unspecified atom stereocenters. The minimum absolute atomic E-state index is 0.0324. The van der Waals surface area contributed by atoms with E-state index in [4.69, 9.17) is 17.3 Å². The van der Waals surface area contributed by atoms with Crippen molar-refractivity contribution < 1.29 is 13.2 Å². The van der Waals surface area contributed by atoms with Crippen molar-refractivity contribution in [1.82, 2.24) is 19.7 Å². The Morgan fingerprint density at radius 1 is 1.17 bits per heavy atom. The molecule has 12 heteroatoms. The molecule has 3 heterocycles. The minimum atomic E-state index is -4.08. The van der Waals surface area contributed by atoms with Gasteiger partial charge in [0.1, 0.15) is 15.7 Å². The number of halogens is 1. The van der Waals surface area contributed by atoms with Crippen molar-refractivity contribution in [3.63, 3.8) is 0 Å². The molecule has 4 rings (SSSR count). The van der Waals surface area contributed by atoms with Gasteiger partial charge >= 0.3 is 0 Å². The fourth-order valence-electron chi connectivity index (χ4n) is 3.62. The smallest absolute Gasteiger partial charge is 0.266 e. The fourth-order valence-corrected chi connectivity index (χ4v) is 5.66. The average Bonchev–Trinajstić information content (AvgIpc) is 2.86. The van der Waals surface area contributed by atoms with Crippen LogP contribution in [0.2, 0.25) is 5.02 Å². The number of pyridine rings is 1. The summed E-state index contributed by atoms with van der Waals surface area (Å²) >= 11 is 7.71. The molecule has 0 atom stereocenters. The van der Waals surface area contributed by atoms with Gasteiger partial charge in [-0.2, -0.15) is 0 Å². The van der Waals surface area contributed by atoms with Crippen LogP contribution < -0.4 is 15.4 Å². The molecule has 0 spiro atoms. The van der Waals surface area contributed by atoms with Crippen LogP contribution in [0.3, 0.4) is 0 Å². The van der Waals surface area contributed by atoms with Gasteiger partial charge in [0.15, 0.2) is 0 Å². The first kappa shape index (κ1) is 25.4. The van der Waals surface area contributed by atoms with E-state index in [0.29, 0.717) is 16.5 Å². The van der Waals surface area contributed by atoms with E-state index in [-0.39, 0.29) is 20.9 Å². The SMILES string of the molecule is CC1(CN)CCN(c2cnc(Sc3cccc(C(=O)NS(=O)(=O)c4cccnc4)c3Cl)cn2)CC1. The van der Waals surface area contributed by atoms with Crippen molar-refractivity contribution >= 4 is 45.1 Å². The third-order valence-corrected chi connectivity index (χ3v) is 8.81. The van der Waals surface area contributed by atoms with Crippen LogP contribution in [-0.4, -0.2) is 48.9 Å². The zero-order chi connectivity index (χ0) is 25.1. The Bertz CT molecular complexity index is 1300. The summed E-state index contributed by atoms with van der Waals surface area (Å²) in [6.45, 7) is 4.64. The molecule has 184 valence electrons. The van der Waals surface area contributed by atoms with E-state index in [1.807, 2.05) is 4.72 Å². The second kappa shape index (κ2) is 10.5. The van der Waals surface area contributed by atoms with Crippen molar-refractivity contribution in [2.24, 2.45) is 11.1 Å². The summed E-state index contributed by atoms with van der Waals surface area (Å²) in [5.41, 5.74) is 6.10. The van der Waals surface area contributed by atoms with Crippen molar-refractivity contribution in [3.05, 3.63) is 65.7 Å². The van der Waals surface area contributed by atoms with Crippen LogP contribution in [0.15, 0.2) is 69.9 Å². The number of hydrogen-bond acceptors (Lipinski definition) is 9. The monoisotopic (exact) mass is 532 g/mol. The second-order valence-corrected chi connectivity index (χ2v) is 11.7. The van der Waals surface area contributed by atoms with Crippen molar-refractivity contribution in [2.75, 3.05) is 24.5 Å². The number of nitrogens with two attached hydrogens (primary N) is 1. The summed E-state index contributed by atoms with van der Waals surface area (Å²) in [6.07, 6.45) is 7.99. The van der Waals surface area contributed by atoms with Crippen LogP contribution in [0.5, 0.6) is 0 Å². The molecule has 2 aromatic heterocycles. The Hall–Kier alpha value is -2.73. The molecule has 1 amide bonds. The van der Waals surface area contributed by atoms with Crippen molar-refractivity contribution in [3.8, 4) is 0 Å². The Morgan fingerprint density at radius 3 is 2.57 bits per heavy atom. The van der Waals surface area contributed by atoms with Gasteiger partial charge < -0.3 is 10.6 Å². The predicted molar refractivity (Wildman–Crippen MR) is 135 cm³/mol. The Morgan fingerprint density at radius 2 is 1.94 bits per heavy atom. The Kier molecular flexibility index (Phi) is 7.60. The normalized spacial score (nSPS) is 15.6. The van der Waals surface area contributed by atoms with E-state index in [1.165, 1.54) is 36.2 Å². The quantitative estimate of drug-likeness (QED) is 0.470. The number of nitrogens with one attached hydrogen (secondary N) is 1. The van der Waals surface area contributed by atoms with Gasteiger partial charge in [0, 0.05) is 30.4 Å². The fraction of sp³-hybridized carbons (Fsp3) is 0.304. The van der Waals surface area contributed by atoms with Gasteiger partial charge in [-0.15, -0.1) is 0 Å². The van der Waals surface area contributed by atoms with E-state index >= 15 is 0 Å². The molecular formula is C23H25ClN6O3S2. The van der Waals surface area contributed by atoms with Crippen LogP contribution in [0.1, 0.15) is 30.1 Å². The van der Waals surface area contributed by atoms with Crippen LogP contribution in [-0.2, 0) is 10.0 Å². The molecule has 0 aliphatic carbocycles. The molecule has 9 nitrogen and oxygen atoms in total.